The van der Waals surface area contributed by atoms with E-state index in [1.165, 1.54) is 4.90 Å². The number of urea groups is 1. The van der Waals surface area contributed by atoms with Gasteiger partial charge < -0.3 is 15.3 Å². The van der Waals surface area contributed by atoms with Crippen molar-refractivity contribution < 1.29 is 14.7 Å². The van der Waals surface area contributed by atoms with E-state index in [1.807, 2.05) is 30.3 Å². The van der Waals surface area contributed by atoms with Gasteiger partial charge in [-0.15, -0.1) is 0 Å². The van der Waals surface area contributed by atoms with E-state index >= 15 is 0 Å². The van der Waals surface area contributed by atoms with E-state index in [4.69, 9.17) is 5.11 Å². The molecule has 5 heteroatoms. The Morgan fingerprint density at radius 2 is 2.10 bits per heavy atom. The van der Waals surface area contributed by atoms with Gasteiger partial charge in [0.2, 0.25) is 0 Å². The first-order valence-electron chi connectivity index (χ1n) is 6.81. The molecule has 1 atom stereocenters. The smallest absolute Gasteiger partial charge is 0.318 e. The molecule has 1 saturated heterocycles. The SMILES string of the molecule is CC1(C(=O)O)CCN(C(=O)NCC#Cc2ccccc2)C1. The summed E-state index contributed by atoms with van der Waals surface area (Å²) >= 11 is 0. The number of nitrogens with one attached hydrogen (secondary N) is 1. The summed E-state index contributed by atoms with van der Waals surface area (Å²) in [6, 6.07) is 9.25. The topological polar surface area (TPSA) is 69.6 Å². The minimum atomic E-state index is -0.860. The Bertz CT molecular complexity index is 589. The summed E-state index contributed by atoms with van der Waals surface area (Å²) in [7, 11) is 0. The Labute approximate surface area is 124 Å². The molecule has 2 amide bonds. The summed E-state index contributed by atoms with van der Waals surface area (Å²) in [5, 5.41) is 11.8. The number of carboxylic acids is 1. The van der Waals surface area contributed by atoms with Crippen molar-refractivity contribution in [3.05, 3.63) is 35.9 Å². The van der Waals surface area contributed by atoms with Crippen molar-refractivity contribution >= 4 is 12.0 Å². The van der Waals surface area contributed by atoms with Crippen LogP contribution < -0.4 is 5.32 Å². The zero-order valence-electron chi connectivity index (χ0n) is 11.9. The molecule has 1 aromatic carbocycles. The lowest BCUT2D eigenvalue weighted by molar-refractivity contribution is -0.146. The van der Waals surface area contributed by atoms with Crippen molar-refractivity contribution in [3.8, 4) is 11.8 Å². The average molecular weight is 286 g/mol. The summed E-state index contributed by atoms with van der Waals surface area (Å²) in [5.74, 6) is 4.96. The zero-order chi connectivity index (χ0) is 15.3. The monoisotopic (exact) mass is 286 g/mol. The number of nitrogens with zero attached hydrogens (tertiary/aromatic N) is 1. The van der Waals surface area contributed by atoms with Crippen LogP contribution in [-0.4, -0.2) is 41.6 Å². The molecular weight excluding hydrogens is 268 g/mol. The summed E-state index contributed by atoms with van der Waals surface area (Å²) in [6.45, 7) is 2.60. The van der Waals surface area contributed by atoms with E-state index in [9.17, 15) is 9.59 Å². The lowest BCUT2D eigenvalue weighted by Gasteiger charge is -2.20. The predicted octanol–water partition coefficient (Wildman–Crippen LogP) is 1.54. The zero-order valence-corrected chi connectivity index (χ0v) is 11.9. The van der Waals surface area contributed by atoms with Gasteiger partial charge in [0.05, 0.1) is 12.0 Å². The molecule has 1 fully saturated rings. The Kier molecular flexibility index (Phi) is 4.49. The molecular formula is C16H18N2O3. The van der Waals surface area contributed by atoms with Crippen molar-refractivity contribution in [2.24, 2.45) is 5.41 Å². The van der Waals surface area contributed by atoms with E-state index in [0.717, 1.165) is 5.56 Å². The Morgan fingerprint density at radius 1 is 1.38 bits per heavy atom. The third kappa shape index (κ3) is 3.76. The van der Waals surface area contributed by atoms with E-state index < -0.39 is 11.4 Å². The molecule has 110 valence electrons. The van der Waals surface area contributed by atoms with Crippen LogP contribution in [0.5, 0.6) is 0 Å². The number of hydrogen-bond acceptors (Lipinski definition) is 2. The van der Waals surface area contributed by atoms with Crippen LogP contribution in [0.15, 0.2) is 30.3 Å². The number of carbonyl (C=O) groups is 2. The van der Waals surface area contributed by atoms with Gasteiger partial charge in [0.1, 0.15) is 0 Å². The van der Waals surface area contributed by atoms with Gasteiger partial charge in [-0.05, 0) is 25.5 Å². The fraction of sp³-hybridized carbons (Fsp3) is 0.375. The number of rotatable bonds is 2. The molecule has 2 N–H and O–H groups in total. The molecule has 1 unspecified atom stereocenters. The Hall–Kier alpha value is -2.48. The molecule has 0 spiro atoms. The molecule has 0 aromatic heterocycles. The van der Waals surface area contributed by atoms with Gasteiger partial charge in [0, 0.05) is 18.7 Å². The number of amides is 2. The molecule has 2 rings (SSSR count). The molecule has 1 heterocycles. The normalized spacial score (nSPS) is 20.5. The minimum absolute atomic E-state index is 0.236. The van der Waals surface area contributed by atoms with E-state index in [1.54, 1.807) is 6.92 Å². The number of aliphatic carboxylic acids is 1. The largest absolute Gasteiger partial charge is 0.481 e. The van der Waals surface area contributed by atoms with Gasteiger partial charge in [-0.1, -0.05) is 30.0 Å². The first-order valence-corrected chi connectivity index (χ1v) is 6.81. The third-order valence-electron chi connectivity index (χ3n) is 3.61. The van der Waals surface area contributed by atoms with Crippen molar-refractivity contribution in [1.82, 2.24) is 10.2 Å². The number of carbonyl (C=O) groups excluding carboxylic acids is 1. The van der Waals surface area contributed by atoms with Gasteiger partial charge in [-0.3, -0.25) is 4.79 Å². The van der Waals surface area contributed by atoms with Gasteiger partial charge in [0.15, 0.2) is 0 Å². The van der Waals surface area contributed by atoms with Crippen LogP contribution in [0.4, 0.5) is 4.79 Å². The maximum Gasteiger partial charge on any atom is 0.318 e. The molecule has 21 heavy (non-hydrogen) atoms. The summed E-state index contributed by atoms with van der Waals surface area (Å²) in [6.07, 6.45) is 0.478. The van der Waals surface area contributed by atoms with Crippen LogP contribution in [0, 0.1) is 17.3 Å². The Morgan fingerprint density at radius 3 is 2.71 bits per heavy atom. The van der Waals surface area contributed by atoms with Crippen molar-refractivity contribution in [2.75, 3.05) is 19.6 Å². The lowest BCUT2D eigenvalue weighted by atomic mass is 9.90. The summed E-state index contributed by atoms with van der Waals surface area (Å²) < 4.78 is 0. The second-order valence-corrected chi connectivity index (χ2v) is 5.36. The summed E-state index contributed by atoms with van der Waals surface area (Å²) in [4.78, 5) is 24.6. The van der Waals surface area contributed by atoms with Crippen LogP contribution in [0.1, 0.15) is 18.9 Å². The molecule has 1 aliphatic rings. The lowest BCUT2D eigenvalue weighted by Crippen LogP contribution is -2.41. The molecule has 1 aliphatic heterocycles. The fourth-order valence-electron chi connectivity index (χ4n) is 2.21. The number of benzene rings is 1. The number of carboxylic acid groups (broad SMARTS) is 1. The predicted molar refractivity (Wildman–Crippen MR) is 78.7 cm³/mol. The van der Waals surface area contributed by atoms with E-state index in [0.29, 0.717) is 13.0 Å². The highest BCUT2D eigenvalue weighted by Crippen LogP contribution is 2.29. The van der Waals surface area contributed by atoms with E-state index in [2.05, 4.69) is 17.2 Å². The van der Waals surface area contributed by atoms with Gasteiger partial charge in [0.25, 0.3) is 0 Å². The number of hydrogen-bond donors (Lipinski definition) is 2. The average Bonchev–Trinajstić information content (AvgIpc) is 2.89. The van der Waals surface area contributed by atoms with Crippen LogP contribution >= 0.6 is 0 Å². The van der Waals surface area contributed by atoms with Gasteiger partial charge in [-0.25, -0.2) is 4.79 Å². The summed E-state index contributed by atoms with van der Waals surface area (Å²) in [5.41, 5.74) is 0.0546. The van der Waals surface area contributed by atoms with Crippen molar-refractivity contribution in [3.63, 3.8) is 0 Å². The molecule has 0 aliphatic carbocycles. The fourth-order valence-corrected chi connectivity index (χ4v) is 2.21. The second kappa shape index (κ2) is 6.31. The standard InChI is InChI=1S/C16H18N2O3/c1-16(14(19)20)9-11-18(12-16)15(21)17-10-5-8-13-6-3-2-4-7-13/h2-4,6-7H,9-12H2,1H3,(H,17,21)(H,19,20). The first-order chi connectivity index (χ1) is 10.0. The second-order valence-electron chi connectivity index (χ2n) is 5.36. The van der Waals surface area contributed by atoms with E-state index in [-0.39, 0.29) is 19.1 Å². The maximum atomic E-state index is 11.9. The maximum absolute atomic E-state index is 11.9. The van der Waals surface area contributed by atoms with Crippen LogP contribution in [0.25, 0.3) is 0 Å². The molecule has 0 bridgehead atoms. The van der Waals surface area contributed by atoms with Crippen molar-refractivity contribution in [2.45, 2.75) is 13.3 Å². The highest BCUT2D eigenvalue weighted by atomic mass is 16.4. The Balaban J connectivity index is 1.81. The number of likely N-dealkylation sites (tertiary alicyclic amines) is 1. The van der Waals surface area contributed by atoms with Gasteiger partial charge in [-0.2, -0.15) is 0 Å². The molecule has 0 saturated carbocycles. The minimum Gasteiger partial charge on any atom is -0.481 e. The highest BCUT2D eigenvalue weighted by molar-refractivity contribution is 5.79. The molecule has 0 radical (unpaired) electrons. The first kappa shape index (κ1) is 14.9. The quantitative estimate of drug-likeness (QED) is 0.810. The molecule has 1 aromatic rings. The van der Waals surface area contributed by atoms with Crippen LogP contribution in [-0.2, 0) is 4.79 Å². The van der Waals surface area contributed by atoms with Crippen molar-refractivity contribution in [1.29, 1.82) is 0 Å². The molecule has 5 nitrogen and oxygen atoms in total. The van der Waals surface area contributed by atoms with Crippen LogP contribution in [0.2, 0.25) is 0 Å². The van der Waals surface area contributed by atoms with Crippen LogP contribution in [0.3, 0.4) is 0 Å². The highest BCUT2D eigenvalue weighted by Gasteiger charge is 2.41. The third-order valence-corrected chi connectivity index (χ3v) is 3.61. The van der Waals surface area contributed by atoms with Gasteiger partial charge >= 0.3 is 12.0 Å².